The standard InChI is InChI=1S/C17H21ClN4/c1-11-15(18)16(21-17(19)20-11)14-7-5-13(6-8-14)12(2)22-9-3-4-10-22/h5-8,12H,3-4,9-10H2,1-2H3,(H2,19,20,21)/t12-/m1/s1. The molecule has 0 amide bonds. The lowest BCUT2D eigenvalue weighted by Crippen LogP contribution is -2.23. The van der Waals surface area contributed by atoms with Gasteiger partial charge in [-0.25, -0.2) is 9.97 Å². The highest BCUT2D eigenvalue weighted by molar-refractivity contribution is 6.33. The molecule has 4 nitrogen and oxygen atoms in total. The normalized spacial score (nSPS) is 16.9. The average molecular weight is 317 g/mol. The van der Waals surface area contributed by atoms with Gasteiger partial charge in [-0.2, -0.15) is 0 Å². The van der Waals surface area contributed by atoms with E-state index in [1.165, 1.54) is 31.5 Å². The van der Waals surface area contributed by atoms with Gasteiger partial charge in [0.2, 0.25) is 5.95 Å². The molecule has 2 N–H and O–H groups in total. The van der Waals surface area contributed by atoms with Crippen LogP contribution in [0.3, 0.4) is 0 Å². The molecule has 0 spiro atoms. The van der Waals surface area contributed by atoms with E-state index in [4.69, 9.17) is 17.3 Å². The van der Waals surface area contributed by atoms with Crippen molar-refractivity contribution in [3.05, 3.63) is 40.5 Å². The van der Waals surface area contributed by atoms with Crippen molar-refractivity contribution < 1.29 is 0 Å². The molecule has 2 heterocycles. The number of anilines is 1. The van der Waals surface area contributed by atoms with Crippen LogP contribution in [0.2, 0.25) is 5.02 Å². The second-order valence-corrected chi connectivity index (χ2v) is 6.25. The van der Waals surface area contributed by atoms with Crippen molar-refractivity contribution in [2.75, 3.05) is 18.8 Å². The van der Waals surface area contributed by atoms with Gasteiger partial charge in [0.15, 0.2) is 0 Å². The summed E-state index contributed by atoms with van der Waals surface area (Å²) in [5.74, 6) is 0.256. The fraction of sp³-hybridized carbons (Fsp3) is 0.412. The van der Waals surface area contributed by atoms with Crippen LogP contribution in [0.15, 0.2) is 24.3 Å². The molecule has 116 valence electrons. The van der Waals surface area contributed by atoms with E-state index in [0.29, 0.717) is 22.5 Å². The van der Waals surface area contributed by atoms with Crippen LogP contribution in [0, 0.1) is 6.92 Å². The quantitative estimate of drug-likeness (QED) is 0.934. The summed E-state index contributed by atoms with van der Waals surface area (Å²) in [6, 6.07) is 8.89. The van der Waals surface area contributed by atoms with Crippen LogP contribution in [-0.4, -0.2) is 28.0 Å². The number of aromatic nitrogens is 2. The molecule has 0 bridgehead atoms. The van der Waals surface area contributed by atoms with E-state index in [1.807, 2.05) is 6.92 Å². The van der Waals surface area contributed by atoms with E-state index >= 15 is 0 Å². The third-order valence-electron chi connectivity index (χ3n) is 4.39. The molecule has 1 aromatic carbocycles. The van der Waals surface area contributed by atoms with Crippen molar-refractivity contribution in [2.24, 2.45) is 0 Å². The highest BCUT2D eigenvalue weighted by Gasteiger charge is 2.19. The molecule has 1 aliphatic rings. The number of hydrogen-bond donors (Lipinski definition) is 1. The number of nitrogens with zero attached hydrogens (tertiary/aromatic N) is 3. The second kappa shape index (κ2) is 6.23. The van der Waals surface area contributed by atoms with Gasteiger partial charge in [0.1, 0.15) is 0 Å². The summed E-state index contributed by atoms with van der Waals surface area (Å²) in [4.78, 5) is 10.9. The molecular formula is C17H21ClN4. The number of nitrogens with two attached hydrogens (primary N) is 1. The Kier molecular flexibility index (Phi) is 4.32. The molecule has 1 saturated heterocycles. The number of nitrogen functional groups attached to an aromatic ring is 1. The zero-order chi connectivity index (χ0) is 15.7. The van der Waals surface area contributed by atoms with Crippen molar-refractivity contribution >= 4 is 17.5 Å². The lowest BCUT2D eigenvalue weighted by Gasteiger charge is -2.24. The number of likely N-dealkylation sites (tertiary alicyclic amines) is 1. The Morgan fingerprint density at radius 3 is 2.41 bits per heavy atom. The van der Waals surface area contributed by atoms with Crippen LogP contribution in [0.25, 0.3) is 11.3 Å². The first-order valence-corrected chi connectivity index (χ1v) is 8.08. The van der Waals surface area contributed by atoms with Crippen LogP contribution in [0.5, 0.6) is 0 Å². The Labute approximate surface area is 136 Å². The molecule has 1 aromatic heterocycles. The smallest absolute Gasteiger partial charge is 0.220 e. The molecule has 1 aliphatic heterocycles. The number of aryl methyl sites for hydroxylation is 1. The van der Waals surface area contributed by atoms with E-state index in [2.05, 4.69) is 46.1 Å². The van der Waals surface area contributed by atoms with Gasteiger partial charge >= 0.3 is 0 Å². The van der Waals surface area contributed by atoms with Gasteiger partial charge < -0.3 is 5.73 Å². The number of rotatable bonds is 3. The molecule has 22 heavy (non-hydrogen) atoms. The van der Waals surface area contributed by atoms with Crippen molar-refractivity contribution in [3.63, 3.8) is 0 Å². The second-order valence-electron chi connectivity index (χ2n) is 5.87. The SMILES string of the molecule is Cc1nc(N)nc(-c2ccc([C@@H](C)N3CCCC3)cc2)c1Cl. The summed E-state index contributed by atoms with van der Waals surface area (Å²) in [6.45, 7) is 6.49. The van der Waals surface area contributed by atoms with E-state index in [0.717, 1.165) is 5.56 Å². The van der Waals surface area contributed by atoms with Crippen molar-refractivity contribution in [3.8, 4) is 11.3 Å². The summed E-state index contributed by atoms with van der Waals surface area (Å²) in [6.07, 6.45) is 2.61. The van der Waals surface area contributed by atoms with Gasteiger partial charge in [0.05, 0.1) is 16.4 Å². The Balaban J connectivity index is 1.88. The van der Waals surface area contributed by atoms with Crippen molar-refractivity contribution in [2.45, 2.75) is 32.7 Å². The molecule has 5 heteroatoms. The topological polar surface area (TPSA) is 55.0 Å². The fourth-order valence-electron chi connectivity index (χ4n) is 3.03. The predicted molar refractivity (Wildman–Crippen MR) is 90.8 cm³/mol. The monoisotopic (exact) mass is 316 g/mol. The molecule has 3 rings (SSSR count). The summed E-state index contributed by atoms with van der Waals surface area (Å²) in [7, 11) is 0. The van der Waals surface area contributed by atoms with Crippen molar-refractivity contribution in [1.82, 2.24) is 14.9 Å². The zero-order valence-electron chi connectivity index (χ0n) is 13.0. The van der Waals surface area contributed by atoms with Gasteiger partial charge in [-0.1, -0.05) is 35.9 Å². The number of benzene rings is 1. The van der Waals surface area contributed by atoms with Gasteiger partial charge in [-0.3, -0.25) is 4.90 Å². The van der Waals surface area contributed by atoms with Crippen LogP contribution >= 0.6 is 11.6 Å². The van der Waals surface area contributed by atoms with E-state index in [9.17, 15) is 0 Å². The van der Waals surface area contributed by atoms with Gasteiger partial charge in [0, 0.05) is 11.6 Å². The number of halogens is 1. The largest absolute Gasteiger partial charge is 0.368 e. The first-order chi connectivity index (χ1) is 10.6. The van der Waals surface area contributed by atoms with Crippen LogP contribution < -0.4 is 5.73 Å². The maximum absolute atomic E-state index is 6.32. The van der Waals surface area contributed by atoms with E-state index in [1.54, 1.807) is 0 Å². The maximum atomic E-state index is 6.32. The zero-order valence-corrected chi connectivity index (χ0v) is 13.8. The molecule has 0 saturated carbocycles. The van der Waals surface area contributed by atoms with Gasteiger partial charge in [-0.05, 0) is 45.3 Å². The first kappa shape index (κ1) is 15.3. The Bertz CT molecular complexity index is 663. The fourth-order valence-corrected chi connectivity index (χ4v) is 3.22. The predicted octanol–water partition coefficient (Wildman–Crippen LogP) is 3.84. The van der Waals surface area contributed by atoms with E-state index < -0.39 is 0 Å². The molecule has 0 aliphatic carbocycles. The molecule has 2 aromatic rings. The highest BCUT2D eigenvalue weighted by Crippen LogP contribution is 2.30. The lowest BCUT2D eigenvalue weighted by molar-refractivity contribution is 0.263. The number of hydrogen-bond acceptors (Lipinski definition) is 4. The summed E-state index contributed by atoms with van der Waals surface area (Å²) < 4.78 is 0. The average Bonchev–Trinajstić information content (AvgIpc) is 3.05. The highest BCUT2D eigenvalue weighted by atomic mass is 35.5. The summed E-state index contributed by atoms with van der Waals surface area (Å²) in [5.41, 5.74) is 9.44. The Hall–Kier alpha value is -1.65. The van der Waals surface area contributed by atoms with Crippen LogP contribution in [-0.2, 0) is 0 Å². The van der Waals surface area contributed by atoms with Crippen LogP contribution in [0.4, 0.5) is 5.95 Å². The lowest BCUT2D eigenvalue weighted by atomic mass is 10.0. The minimum atomic E-state index is 0.256. The third-order valence-corrected chi connectivity index (χ3v) is 4.84. The molecule has 0 unspecified atom stereocenters. The van der Waals surface area contributed by atoms with Gasteiger partial charge in [0.25, 0.3) is 0 Å². The third kappa shape index (κ3) is 2.94. The molecule has 1 fully saturated rings. The van der Waals surface area contributed by atoms with E-state index in [-0.39, 0.29) is 5.95 Å². The molecular weight excluding hydrogens is 296 g/mol. The Morgan fingerprint density at radius 1 is 1.14 bits per heavy atom. The summed E-state index contributed by atoms with van der Waals surface area (Å²) in [5, 5.41) is 0.564. The molecule has 1 atom stereocenters. The summed E-state index contributed by atoms with van der Waals surface area (Å²) >= 11 is 6.32. The maximum Gasteiger partial charge on any atom is 0.220 e. The Morgan fingerprint density at radius 2 is 1.77 bits per heavy atom. The van der Waals surface area contributed by atoms with Gasteiger partial charge in [-0.15, -0.1) is 0 Å². The molecule has 0 radical (unpaired) electrons. The van der Waals surface area contributed by atoms with Crippen LogP contribution in [0.1, 0.15) is 37.1 Å². The first-order valence-electron chi connectivity index (χ1n) is 7.70. The minimum absolute atomic E-state index is 0.256. The minimum Gasteiger partial charge on any atom is -0.368 e. The van der Waals surface area contributed by atoms with Crippen molar-refractivity contribution in [1.29, 1.82) is 0 Å².